The molecule has 0 spiro atoms. The van der Waals surface area contributed by atoms with Crippen LogP contribution < -0.4 is 9.05 Å². The summed E-state index contributed by atoms with van der Waals surface area (Å²) in [6, 6.07) is 10.9. The molecule has 0 aliphatic heterocycles. The summed E-state index contributed by atoms with van der Waals surface area (Å²) >= 11 is 0. The van der Waals surface area contributed by atoms with Gasteiger partial charge in [0.05, 0.1) is 17.2 Å². The molecule has 1 fully saturated rings. The van der Waals surface area contributed by atoms with Gasteiger partial charge < -0.3 is 18.8 Å². The zero-order valence-corrected chi connectivity index (χ0v) is 20.3. The average molecular weight is 476 g/mol. The molecular formula is C24H30O6P2. The highest BCUT2D eigenvalue weighted by molar-refractivity contribution is 7.46. The highest BCUT2D eigenvalue weighted by Gasteiger charge is 2.32. The second kappa shape index (κ2) is 10.6. The molecule has 1 saturated carbocycles. The predicted octanol–water partition coefficient (Wildman–Crippen LogP) is 6.11. The van der Waals surface area contributed by atoms with Crippen LogP contribution in [0.5, 0.6) is 11.5 Å². The normalized spacial score (nSPS) is 21.9. The van der Waals surface area contributed by atoms with Crippen LogP contribution in [-0.4, -0.2) is 27.8 Å². The molecule has 6 nitrogen and oxygen atoms in total. The number of carbonyl (C=O) groups excluding carboxylic acids is 1. The van der Waals surface area contributed by atoms with Crippen LogP contribution in [0.4, 0.5) is 0 Å². The summed E-state index contributed by atoms with van der Waals surface area (Å²) in [6.07, 6.45) is 5.96. The number of rotatable bonds is 8. The third kappa shape index (κ3) is 5.32. The SMILES string of the molecule is CCCP(O)Oc1cccc2c1C(=O)c1c(cccc1OP(O)OC1CCCC(C)C1)C2. The Morgan fingerprint density at radius 2 is 1.66 bits per heavy atom. The summed E-state index contributed by atoms with van der Waals surface area (Å²) in [4.78, 5) is 34.3. The highest BCUT2D eigenvalue weighted by atomic mass is 31.2. The van der Waals surface area contributed by atoms with E-state index in [-0.39, 0.29) is 11.9 Å². The number of fused-ring (bicyclic) bond motifs is 2. The molecule has 2 aromatic rings. The van der Waals surface area contributed by atoms with E-state index in [0.717, 1.165) is 36.8 Å². The van der Waals surface area contributed by atoms with Crippen LogP contribution in [0.25, 0.3) is 0 Å². The van der Waals surface area contributed by atoms with Gasteiger partial charge in [-0.1, -0.05) is 51.0 Å². The second-order valence-corrected chi connectivity index (χ2v) is 10.8. The minimum atomic E-state index is -2.15. The molecular weight excluding hydrogens is 446 g/mol. The Bertz CT molecular complexity index is 966. The van der Waals surface area contributed by atoms with Crippen molar-refractivity contribution in [3.05, 3.63) is 58.7 Å². The fraction of sp³-hybridized carbons (Fsp3) is 0.458. The van der Waals surface area contributed by atoms with E-state index < -0.39 is 17.0 Å². The van der Waals surface area contributed by atoms with Crippen molar-refractivity contribution < 1.29 is 28.2 Å². The molecule has 0 aromatic heterocycles. The van der Waals surface area contributed by atoms with Crippen LogP contribution in [0, 0.1) is 5.92 Å². The van der Waals surface area contributed by atoms with E-state index >= 15 is 0 Å². The maximum atomic E-state index is 13.6. The van der Waals surface area contributed by atoms with Crippen LogP contribution in [0.1, 0.15) is 73.0 Å². The van der Waals surface area contributed by atoms with Crippen molar-refractivity contribution in [1.29, 1.82) is 0 Å². The van der Waals surface area contributed by atoms with Crippen molar-refractivity contribution in [1.82, 2.24) is 0 Å². The lowest BCUT2D eigenvalue weighted by Crippen LogP contribution is -2.21. The van der Waals surface area contributed by atoms with Crippen LogP contribution >= 0.6 is 17.0 Å². The largest absolute Gasteiger partial charge is 0.447 e. The molecule has 2 aliphatic rings. The van der Waals surface area contributed by atoms with E-state index in [2.05, 4.69) is 6.92 Å². The molecule has 0 saturated heterocycles. The van der Waals surface area contributed by atoms with Crippen LogP contribution in [0.2, 0.25) is 0 Å². The zero-order valence-electron chi connectivity index (χ0n) is 18.5. The Morgan fingerprint density at radius 3 is 2.28 bits per heavy atom. The summed E-state index contributed by atoms with van der Waals surface area (Å²) in [5.41, 5.74) is 2.58. The summed E-state index contributed by atoms with van der Waals surface area (Å²) in [7, 11) is -3.78. The monoisotopic (exact) mass is 476 g/mol. The Morgan fingerprint density at radius 1 is 1.00 bits per heavy atom. The Hall–Kier alpha value is -1.55. The van der Waals surface area contributed by atoms with Gasteiger partial charge in [0, 0.05) is 6.16 Å². The zero-order chi connectivity index (χ0) is 22.7. The third-order valence-corrected chi connectivity index (χ3v) is 8.05. The quantitative estimate of drug-likeness (QED) is 0.382. The van der Waals surface area contributed by atoms with Crippen molar-refractivity contribution >= 4 is 22.8 Å². The van der Waals surface area contributed by atoms with Crippen molar-refractivity contribution in [2.45, 2.75) is 58.5 Å². The lowest BCUT2D eigenvalue weighted by atomic mass is 9.84. The van der Waals surface area contributed by atoms with E-state index in [1.165, 1.54) is 6.42 Å². The summed E-state index contributed by atoms with van der Waals surface area (Å²) in [5, 5.41) is 0. The lowest BCUT2D eigenvalue weighted by molar-refractivity contribution is 0.102. The smallest absolute Gasteiger partial charge is 0.394 e. The first kappa shape index (κ1) is 23.6. The van der Waals surface area contributed by atoms with Crippen molar-refractivity contribution in [3.63, 3.8) is 0 Å². The summed E-state index contributed by atoms with van der Waals surface area (Å²) in [6.45, 7) is 4.17. The van der Waals surface area contributed by atoms with Crippen LogP contribution in [0.15, 0.2) is 36.4 Å². The Balaban J connectivity index is 1.56. The maximum absolute atomic E-state index is 13.6. The van der Waals surface area contributed by atoms with Crippen molar-refractivity contribution in [2.24, 2.45) is 5.92 Å². The van der Waals surface area contributed by atoms with Gasteiger partial charge in [0.15, 0.2) is 0 Å². The molecule has 8 heteroatoms. The average Bonchev–Trinajstić information content (AvgIpc) is 2.74. The van der Waals surface area contributed by atoms with E-state index in [1.807, 2.05) is 31.2 Å². The number of benzene rings is 2. The van der Waals surface area contributed by atoms with Gasteiger partial charge in [-0.3, -0.25) is 9.32 Å². The molecule has 4 rings (SSSR count). The Labute approximate surface area is 191 Å². The summed E-state index contributed by atoms with van der Waals surface area (Å²) in [5.74, 6) is 1.07. The number of hydrogen-bond donors (Lipinski definition) is 2. The minimum absolute atomic E-state index is 0.0202. The fourth-order valence-electron chi connectivity index (χ4n) is 4.50. The van der Waals surface area contributed by atoms with Gasteiger partial charge in [-0.25, -0.2) is 0 Å². The standard InChI is InChI=1S/C24H30O6P2/c1-3-13-31(26)29-20-11-5-8-17-15-18-9-6-12-21(23(18)24(25)22(17)20)30-32(27)28-19-10-4-7-16(2)14-19/h5-6,8-9,11-12,16,19,26-27H,3-4,7,10,13-15H2,1-2H3. The summed E-state index contributed by atoms with van der Waals surface area (Å²) < 4.78 is 17.3. The topological polar surface area (TPSA) is 85.2 Å². The van der Waals surface area contributed by atoms with Crippen LogP contribution in [0.3, 0.4) is 0 Å². The molecule has 2 aliphatic carbocycles. The van der Waals surface area contributed by atoms with Crippen LogP contribution in [-0.2, 0) is 10.9 Å². The molecule has 2 aromatic carbocycles. The first-order valence-electron chi connectivity index (χ1n) is 11.2. The highest BCUT2D eigenvalue weighted by Crippen LogP contribution is 2.45. The predicted molar refractivity (Wildman–Crippen MR) is 126 cm³/mol. The van der Waals surface area contributed by atoms with Gasteiger partial charge in [0.25, 0.3) is 0 Å². The molecule has 0 radical (unpaired) electrons. The first-order chi connectivity index (χ1) is 15.5. The molecule has 4 unspecified atom stereocenters. The lowest BCUT2D eigenvalue weighted by Gasteiger charge is -2.28. The number of carbonyl (C=O) groups is 1. The molecule has 32 heavy (non-hydrogen) atoms. The molecule has 4 atom stereocenters. The van der Waals surface area contributed by atoms with E-state index in [9.17, 15) is 14.6 Å². The van der Waals surface area contributed by atoms with Gasteiger partial charge in [-0.05, 0) is 54.9 Å². The van der Waals surface area contributed by atoms with Crippen molar-refractivity contribution in [3.8, 4) is 11.5 Å². The van der Waals surface area contributed by atoms with E-state index in [0.29, 0.717) is 41.1 Å². The molecule has 0 amide bonds. The Kier molecular flexibility index (Phi) is 7.81. The number of ketones is 1. The van der Waals surface area contributed by atoms with Gasteiger partial charge in [-0.15, -0.1) is 0 Å². The first-order valence-corrected chi connectivity index (χ1v) is 13.8. The van der Waals surface area contributed by atoms with E-state index in [4.69, 9.17) is 13.6 Å². The van der Waals surface area contributed by atoms with Gasteiger partial charge in [-0.2, -0.15) is 0 Å². The van der Waals surface area contributed by atoms with E-state index in [1.54, 1.807) is 12.1 Å². The fourth-order valence-corrected chi connectivity index (χ4v) is 6.17. The van der Waals surface area contributed by atoms with Gasteiger partial charge >= 0.3 is 8.60 Å². The second-order valence-electron chi connectivity index (χ2n) is 8.58. The number of hydrogen-bond acceptors (Lipinski definition) is 6. The molecule has 172 valence electrons. The molecule has 0 bridgehead atoms. The van der Waals surface area contributed by atoms with Gasteiger partial charge in [0.1, 0.15) is 11.5 Å². The molecule has 2 N–H and O–H groups in total. The molecule has 0 heterocycles. The minimum Gasteiger partial charge on any atom is -0.447 e. The third-order valence-electron chi connectivity index (χ3n) is 5.98. The maximum Gasteiger partial charge on any atom is 0.394 e. The van der Waals surface area contributed by atoms with Crippen molar-refractivity contribution in [2.75, 3.05) is 6.16 Å². The van der Waals surface area contributed by atoms with Gasteiger partial charge in [0.2, 0.25) is 14.2 Å².